The maximum atomic E-state index is 11.3. The fourth-order valence-corrected chi connectivity index (χ4v) is 2.77. The fourth-order valence-electron chi connectivity index (χ4n) is 2.32. The third-order valence-corrected chi connectivity index (χ3v) is 4.00. The second-order valence-electron chi connectivity index (χ2n) is 5.44. The van der Waals surface area contributed by atoms with Crippen molar-refractivity contribution < 1.29 is 9.90 Å². The topological polar surface area (TPSA) is 87.1 Å². The average Bonchev–Trinajstić information content (AvgIpc) is 2.57. The Labute approximate surface area is 159 Å². The maximum absolute atomic E-state index is 11.3. The zero-order valence-corrected chi connectivity index (χ0v) is 15.1. The average molecular weight is 389 g/mol. The molecule has 0 bridgehead atoms. The smallest absolute Gasteiger partial charge is 0.337 e. The lowest BCUT2D eigenvalue weighted by atomic mass is 10.2. The Hall–Kier alpha value is -2.83. The molecule has 0 unspecified atom stereocenters. The Kier molecular flexibility index (Phi) is 5.25. The molecule has 132 valence electrons. The third-order valence-electron chi connectivity index (χ3n) is 3.45. The molecule has 0 atom stereocenters. The van der Waals surface area contributed by atoms with Crippen molar-refractivity contribution in [2.75, 3.05) is 10.6 Å². The molecule has 8 heteroatoms. The summed E-state index contributed by atoms with van der Waals surface area (Å²) in [7, 11) is 0. The number of benzene rings is 2. The number of hydrogen-bond acceptors (Lipinski definition) is 5. The van der Waals surface area contributed by atoms with E-state index in [1.807, 2.05) is 6.92 Å². The molecule has 0 aliphatic rings. The zero-order valence-electron chi connectivity index (χ0n) is 13.6. The second-order valence-corrected chi connectivity index (χ2v) is 6.29. The highest BCUT2D eigenvalue weighted by atomic mass is 35.5. The molecule has 0 radical (unpaired) electrons. The van der Waals surface area contributed by atoms with Crippen LogP contribution in [-0.4, -0.2) is 21.0 Å². The lowest BCUT2D eigenvalue weighted by molar-refractivity contribution is 0.0698. The van der Waals surface area contributed by atoms with E-state index >= 15 is 0 Å². The number of aromatic carboxylic acids is 1. The van der Waals surface area contributed by atoms with Crippen LogP contribution in [0.15, 0.2) is 48.5 Å². The quantitative estimate of drug-likeness (QED) is 0.551. The first kappa shape index (κ1) is 18.0. The highest BCUT2D eigenvalue weighted by molar-refractivity contribution is 6.36. The molecule has 0 aliphatic carbocycles. The van der Waals surface area contributed by atoms with Crippen LogP contribution in [0.25, 0.3) is 0 Å². The lowest BCUT2D eigenvalue weighted by Gasteiger charge is -2.12. The van der Waals surface area contributed by atoms with Crippen LogP contribution in [0.1, 0.15) is 16.1 Å². The predicted octanol–water partition coefficient (Wildman–Crippen LogP) is 5.28. The Morgan fingerprint density at radius 3 is 2.50 bits per heavy atom. The first-order chi connectivity index (χ1) is 12.4. The van der Waals surface area contributed by atoms with Gasteiger partial charge in [-0.25, -0.2) is 9.78 Å². The van der Waals surface area contributed by atoms with E-state index in [2.05, 4.69) is 20.6 Å². The van der Waals surface area contributed by atoms with Crippen LogP contribution in [0, 0.1) is 6.92 Å². The second kappa shape index (κ2) is 7.59. The number of nitrogens with zero attached hydrogens (tertiary/aromatic N) is 2. The van der Waals surface area contributed by atoms with Gasteiger partial charge in [-0.15, -0.1) is 0 Å². The molecule has 26 heavy (non-hydrogen) atoms. The summed E-state index contributed by atoms with van der Waals surface area (Å²) in [4.78, 5) is 20.0. The molecule has 6 nitrogen and oxygen atoms in total. The molecule has 0 spiro atoms. The Bertz CT molecular complexity index is 979. The number of rotatable bonds is 5. The summed E-state index contributed by atoms with van der Waals surface area (Å²) in [5.74, 6) is -0.242. The summed E-state index contributed by atoms with van der Waals surface area (Å²) in [6.07, 6.45) is 0. The number of aryl methyl sites for hydroxylation is 1. The van der Waals surface area contributed by atoms with Gasteiger partial charge in [0, 0.05) is 16.8 Å². The standard InChI is InChI=1S/C18H14Cl2N4O2/c1-10-8-16(22-14-5-3-2-4-12(14)17(25)26)24-18(21-10)23-15-7-6-11(19)9-13(15)20/h2-9H,1H3,(H,25,26)(H2,21,22,23,24). The van der Waals surface area contributed by atoms with Gasteiger partial charge in [0.15, 0.2) is 0 Å². The van der Waals surface area contributed by atoms with Crippen molar-refractivity contribution in [3.63, 3.8) is 0 Å². The van der Waals surface area contributed by atoms with E-state index in [-0.39, 0.29) is 5.56 Å². The molecule has 0 saturated heterocycles. The lowest BCUT2D eigenvalue weighted by Crippen LogP contribution is -2.06. The van der Waals surface area contributed by atoms with Crippen LogP contribution < -0.4 is 10.6 Å². The number of carboxylic acids is 1. The van der Waals surface area contributed by atoms with E-state index in [0.717, 1.165) is 0 Å². The van der Waals surface area contributed by atoms with Gasteiger partial charge in [-0.2, -0.15) is 4.98 Å². The molecule has 3 aromatic rings. The van der Waals surface area contributed by atoms with Crippen LogP contribution >= 0.6 is 23.2 Å². The van der Waals surface area contributed by atoms with Crippen LogP contribution in [0.5, 0.6) is 0 Å². The molecule has 3 N–H and O–H groups in total. The van der Waals surface area contributed by atoms with Gasteiger partial charge in [0.1, 0.15) is 5.82 Å². The summed E-state index contributed by atoms with van der Waals surface area (Å²) >= 11 is 12.1. The van der Waals surface area contributed by atoms with Crippen molar-refractivity contribution in [2.45, 2.75) is 6.92 Å². The van der Waals surface area contributed by atoms with E-state index in [1.165, 1.54) is 6.07 Å². The van der Waals surface area contributed by atoms with E-state index in [1.54, 1.807) is 42.5 Å². The van der Waals surface area contributed by atoms with Crippen molar-refractivity contribution in [1.29, 1.82) is 0 Å². The summed E-state index contributed by atoms with van der Waals surface area (Å²) in [6.45, 7) is 1.81. The van der Waals surface area contributed by atoms with Crippen molar-refractivity contribution >= 4 is 52.3 Å². The summed E-state index contributed by atoms with van der Waals surface area (Å²) in [5, 5.41) is 16.3. The maximum Gasteiger partial charge on any atom is 0.337 e. The van der Waals surface area contributed by atoms with Crippen molar-refractivity contribution in [3.05, 3.63) is 69.8 Å². The normalized spacial score (nSPS) is 10.4. The Morgan fingerprint density at radius 1 is 1.00 bits per heavy atom. The van der Waals surface area contributed by atoms with Crippen LogP contribution in [0.4, 0.5) is 23.1 Å². The van der Waals surface area contributed by atoms with Crippen LogP contribution in [0.2, 0.25) is 10.0 Å². The summed E-state index contributed by atoms with van der Waals surface area (Å²) in [6, 6.07) is 13.4. The molecule has 2 aromatic carbocycles. The first-order valence-corrected chi connectivity index (χ1v) is 8.35. The minimum atomic E-state index is -1.02. The van der Waals surface area contributed by atoms with Crippen LogP contribution in [-0.2, 0) is 0 Å². The Morgan fingerprint density at radius 2 is 1.77 bits per heavy atom. The molecular weight excluding hydrogens is 375 g/mol. The Balaban J connectivity index is 1.90. The van der Waals surface area contributed by atoms with Gasteiger partial charge < -0.3 is 15.7 Å². The minimum Gasteiger partial charge on any atom is -0.478 e. The number of nitrogens with one attached hydrogen (secondary N) is 2. The minimum absolute atomic E-state index is 0.152. The number of anilines is 4. The number of carboxylic acid groups (broad SMARTS) is 1. The molecule has 1 aromatic heterocycles. The molecule has 0 saturated carbocycles. The summed E-state index contributed by atoms with van der Waals surface area (Å²) < 4.78 is 0. The van der Waals surface area contributed by atoms with Crippen molar-refractivity contribution in [1.82, 2.24) is 9.97 Å². The van der Waals surface area contributed by atoms with Crippen molar-refractivity contribution in [2.24, 2.45) is 0 Å². The molecule has 0 amide bonds. The molecule has 0 fully saturated rings. The first-order valence-electron chi connectivity index (χ1n) is 7.59. The largest absolute Gasteiger partial charge is 0.478 e. The highest BCUT2D eigenvalue weighted by Crippen LogP contribution is 2.28. The molecule has 1 heterocycles. The van der Waals surface area contributed by atoms with Crippen molar-refractivity contribution in [3.8, 4) is 0 Å². The van der Waals surface area contributed by atoms with Gasteiger partial charge in [-0.3, -0.25) is 0 Å². The molecule has 0 aliphatic heterocycles. The van der Waals surface area contributed by atoms with Gasteiger partial charge in [0.25, 0.3) is 0 Å². The van der Waals surface area contributed by atoms with E-state index in [9.17, 15) is 9.90 Å². The SMILES string of the molecule is Cc1cc(Nc2ccccc2C(=O)O)nc(Nc2ccc(Cl)cc2Cl)n1. The number of aromatic nitrogens is 2. The monoisotopic (exact) mass is 388 g/mol. The molecular formula is C18H14Cl2N4O2. The number of para-hydroxylation sites is 1. The van der Waals surface area contributed by atoms with E-state index < -0.39 is 5.97 Å². The molecule has 3 rings (SSSR count). The zero-order chi connectivity index (χ0) is 18.7. The number of carbonyl (C=O) groups is 1. The summed E-state index contributed by atoms with van der Waals surface area (Å²) in [5.41, 5.74) is 1.90. The third kappa shape index (κ3) is 4.22. The number of hydrogen-bond donors (Lipinski definition) is 3. The van der Waals surface area contributed by atoms with Gasteiger partial charge in [0.05, 0.1) is 22.0 Å². The van der Waals surface area contributed by atoms with Crippen LogP contribution in [0.3, 0.4) is 0 Å². The van der Waals surface area contributed by atoms with Gasteiger partial charge >= 0.3 is 5.97 Å². The van der Waals surface area contributed by atoms with E-state index in [0.29, 0.717) is 38.9 Å². The van der Waals surface area contributed by atoms with E-state index in [4.69, 9.17) is 23.2 Å². The number of halogens is 2. The van der Waals surface area contributed by atoms with Gasteiger partial charge in [0.2, 0.25) is 5.95 Å². The van der Waals surface area contributed by atoms with Gasteiger partial charge in [-0.1, -0.05) is 35.3 Å². The van der Waals surface area contributed by atoms with Gasteiger partial charge in [-0.05, 0) is 37.3 Å². The fraction of sp³-hybridized carbons (Fsp3) is 0.0556. The predicted molar refractivity (Wildman–Crippen MR) is 103 cm³/mol. The highest BCUT2D eigenvalue weighted by Gasteiger charge is 2.11.